The summed E-state index contributed by atoms with van der Waals surface area (Å²) in [6, 6.07) is 0. The van der Waals surface area contributed by atoms with Gasteiger partial charge in [0, 0.05) is 13.5 Å². The number of nitrogens with zero attached hydrogens (tertiary/aromatic N) is 3. The second-order valence-electron chi connectivity index (χ2n) is 6.54. The first-order valence-electron chi connectivity index (χ1n) is 7.75. The summed E-state index contributed by atoms with van der Waals surface area (Å²) in [6.45, 7) is 9.75. The predicted molar refractivity (Wildman–Crippen MR) is 84.7 cm³/mol. The van der Waals surface area contributed by atoms with Crippen molar-refractivity contribution in [2.24, 2.45) is 0 Å². The Morgan fingerprint density at radius 2 is 1.88 bits per heavy atom. The molecule has 0 bridgehead atoms. The molecule has 1 aliphatic heterocycles. The molecule has 9 heteroatoms. The van der Waals surface area contributed by atoms with E-state index in [0.717, 1.165) is 5.69 Å². The van der Waals surface area contributed by atoms with Crippen LogP contribution in [0.5, 0.6) is 0 Å². The highest BCUT2D eigenvalue weighted by Crippen LogP contribution is 2.25. The molecule has 2 heterocycles. The van der Waals surface area contributed by atoms with Crippen molar-refractivity contribution < 1.29 is 19.1 Å². The number of nitrogens with one attached hydrogen (secondary N) is 2. The van der Waals surface area contributed by atoms with E-state index < -0.39 is 17.6 Å². The van der Waals surface area contributed by atoms with E-state index in [0.29, 0.717) is 18.8 Å². The van der Waals surface area contributed by atoms with Gasteiger partial charge in [-0.2, -0.15) is 0 Å². The Morgan fingerprint density at radius 3 is 2.42 bits per heavy atom. The van der Waals surface area contributed by atoms with E-state index in [9.17, 15) is 14.4 Å². The van der Waals surface area contributed by atoms with Crippen LogP contribution in [0.3, 0.4) is 0 Å². The van der Waals surface area contributed by atoms with E-state index in [4.69, 9.17) is 4.74 Å². The first-order valence-corrected chi connectivity index (χ1v) is 7.75. The minimum absolute atomic E-state index is 0.208. The largest absolute Gasteiger partial charge is 0.444 e. The normalized spacial score (nSPS) is 13.5. The van der Waals surface area contributed by atoms with Crippen LogP contribution >= 0.6 is 0 Å². The molecular weight excluding hydrogens is 314 g/mol. The third kappa shape index (κ3) is 3.84. The van der Waals surface area contributed by atoms with Gasteiger partial charge in [0.25, 0.3) is 0 Å². The van der Waals surface area contributed by atoms with Crippen molar-refractivity contribution in [1.82, 2.24) is 25.3 Å². The molecule has 0 atom stereocenters. The molecule has 1 aromatic rings. The highest BCUT2D eigenvalue weighted by Gasteiger charge is 2.33. The number of amides is 3. The molecule has 0 saturated carbocycles. The van der Waals surface area contributed by atoms with Crippen LogP contribution in [0.1, 0.15) is 56.6 Å². The van der Waals surface area contributed by atoms with E-state index in [1.54, 1.807) is 9.47 Å². The molecule has 2 N–H and O–H groups in total. The Kier molecular flexibility index (Phi) is 4.81. The second-order valence-corrected chi connectivity index (χ2v) is 6.54. The number of fused-ring (bicyclic) bond motifs is 1. The summed E-state index contributed by atoms with van der Waals surface area (Å²) in [5.41, 5.74) is 5.43. The average molecular weight is 337 g/mol. The third-order valence-corrected chi connectivity index (χ3v) is 3.36. The van der Waals surface area contributed by atoms with Gasteiger partial charge >= 0.3 is 12.0 Å². The zero-order valence-corrected chi connectivity index (χ0v) is 14.6. The molecule has 24 heavy (non-hydrogen) atoms. The van der Waals surface area contributed by atoms with Crippen LogP contribution in [0, 0.1) is 0 Å². The lowest BCUT2D eigenvalue weighted by Gasteiger charge is -2.24. The summed E-state index contributed by atoms with van der Waals surface area (Å²) in [7, 11) is 0. The number of rotatable bonds is 2. The van der Waals surface area contributed by atoms with Gasteiger partial charge in [0.2, 0.25) is 11.7 Å². The van der Waals surface area contributed by atoms with Gasteiger partial charge in [-0.05, 0) is 27.7 Å². The average Bonchev–Trinajstić information content (AvgIpc) is 2.99. The minimum atomic E-state index is -0.568. The topological polar surface area (TPSA) is 106 Å². The maximum atomic E-state index is 12.2. The molecule has 3 amide bonds. The highest BCUT2D eigenvalue weighted by molar-refractivity contribution is 5.92. The predicted octanol–water partition coefficient (Wildman–Crippen LogP) is 0.935. The van der Waals surface area contributed by atoms with Crippen LogP contribution < -0.4 is 10.9 Å². The minimum Gasteiger partial charge on any atom is -0.444 e. The molecule has 2 rings (SSSR count). The Hall–Kier alpha value is -2.58. The van der Waals surface area contributed by atoms with Crippen LogP contribution in [0.25, 0.3) is 0 Å². The quantitative estimate of drug-likeness (QED) is 0.781. The third-order valence-electron chi connectivity index (χ3n) is 3.36. The van der Waals surface area contributed by atoms with Crippen LogP contribution in [0.2, 0.25) is 0 Å². The number of imidazole rings is 1. The maximum absolute atomic E-state index is 12.2. The molecule has 9 nitrogen and oxygen atoms in total. The summed E-state index contributed by atoms with van der Waals surface area (Å²) >= 11 is 0. The zero-order valence-electron chi connectivity index (χ0n) is 14.6. The Bertz CT molecular complexity index is 674. The highest BCUT2D eigenvalue weighted by atomic mass is 16.6. The van der Waals surface area contributed by atoms with Gasteiger partial charge in [-0.25, -0.2) is 9.78 Å². The van der Waals surface area contributed by atoms with Gasteiger partial charge in [0.05, 0.1) is 24.5 Å². The summed E-state index contributed by atoms with van der Waals surface area (Å²) in [4.78, 5) is 41.0. The maximum Gasteiger partial charge on any atom is 0.410 e. The zero-order chi connectivity index (χ0) is 18.1. The van der Waals surface area contributed by atoms with Crippen molar-refractivity contribution in [1.29, 1.82) is 0 Å². The molecule has 1 aliphatic rings. The van der Waals surface area contributed by atoms with Gasteiger partial charge in [-0.15, -0.1) is 0 Å². The van der Waals surface area contributed by atoms with Gasteiger partial charge in [-0.3, -0.25) is 25.3 Å². The number of carbonyl (C=O) groups is 3. The fourth-order valence-electron chi connectivity index (χ4n) is 2.43. The Balaban J connectivity index is 2.14. The number of hydrazine groups is 1. The standard InChI is InChI=1S/C15H23N5O4/c1-6-20-11-8-19(14(23)24-15(3,4)5)7-10(11)16-12(20)13(22)18-17-9(2)21/h6-8H2,1-5H3,(H,17,21)(H,18,22). The number of ether oxygens (including phenoxy) is 1. The molecular formula is C15H23N5O4. The molecule has 0 aromatic carbocycles. The van der Waals surface area contributed by atoms with E-state index >= 15 is 0 Å². The summed E-state index contributed by atoms with van der Waals surface area (Å²) in [5, 5.41) is 0. The van der Waals surface area contributed by atoms with Gasteiger partial charge < -0.3 is 9.30 Å². The second kappa shape index (κ2) is 6.50. The molecule has 0 fully saturated rings. The van der Waals surface area contributed by atoms with E-state index in [1.807, 2.05) is 27.7 Å². The smallest absolute Gasteiger partial charge is 0.410 e. The van der Waals surface area contributed by atoms with Gasteiger partial charge in [0.1, 0.15) is 5.60 Å². The summed E-state index contributed by atoms with van der Waals surface area (Å²) < 4.78 is 7.09. The van der Waals surface area contributed by atoms with Crippen LogP contribution in [0.4, 0.5) is 4.79 Å². The fourth-order valence-corrected chi connectivity index (χ4v) is 2.43. The number of carbonyl (C=O) groups excluding carboxylic acids is 3. The lowest BCUT2D eigenvalue weighted by molar-refractivity contribution is -0.119. The van der Waals surface area contributed by atoms with Crippen molar-refractivity contribution >= 4 is 17.9 Å². The van der Waals surface area contributed by atoms with E-state index in [-0.39, 0.29) is 18.3 Å². The number of aromatic nitrogens is 2. The van der Waals surface area contributed by atoms with Crippen molar-refractivity contribution in [3.8, 4) is 0 Å². The summed E-state index contributed by atoms with van der Waals surface area (Å²) in [6.07, 6.45) is -0.410. The van der Waals surface area contributed by atoms with Gasteiger partial charge in [0.15, 0.2) is 0 Å². The van der Waals surface area contributed by atoms with Crippen LogP contribution in [0.15, 0.2) is 0 Å². The molecule has 0 aliphatic carbocycles. The number of hydrogen-bond donors (Lipinski definition) is 2. The molecule has 0 radical (unpaired) electrons. The van der Waals surface area contributed by atoms with Crippen LogP contribution in [-0.4, -0.2) is 38.0 Å². The lowest BCUT2D eigenvalue weighted by atomic mass is 10.2. The first kappa shape index (κ1) is 17.8. The van der Waals surface area contributed by atoms with Crippen molar-refractivity contribution in [2.45, 2.75) is 59.9 Å². The van der Waals surface area contributed by atoms with Crippen molar-refractivity contribution in [3.63, 3.8) is 0 Å². The Labute approximate surface area is 140 Å². The molecule has 0 unspecified atom stereocenters. The van der Waals surface area contributed by atoms with E-state index in [1.165, 1.54) is 6.92 Å². The SMILES string of the molecule is CCn1c(C(=O)NNC(C)=O)nc2c1CN(C(=O)OC(C)(C)C)C2. The Morgan fingerprint density at radius 1 is 1.21 bits per heavy atom. The molecule has 1 aromatic heterocycles. The molecule has 0 spiro atoms. The molecule has 0 saturated heterocycles. The van der Waals surface area contributed by atoms with E-state index in [2.05, 4.69) is 15.8 Å². The number of hydrogen-bond acceptors (Lipinski definition) is 5. The fraction of sp³-hybridized carbons (Fsp3) is 0.600. The monoisotopic (exact) mass is 337 g/mol. The molecule has 132 valence electrons. The van der Waals surface area contributed by atoms with Crippen molar-refractivity contribution in [2.75, 3.05) is 0 Å². The van der Waals surface area contributed by atoms with Crippen molar-refractivity contribution in [3.05, 3.63) is 17.2 Å². The lowest BCUT2D eigenvalue weighted by Crippen LogP contribution is -2.41. The van der Waals surface area contributed by atoms with Crippen LogP contribution in [-0.2, 0) is 29.2 Å². The summed E-state index contributed by atoms with van der Waals surface area (Å²) in [5.74, 6) is -0.660. The first-order chi connectivity index (χ1) is 11.1. The van der Waals surface area contributed by atoms with Gasteiger partial charge in [-0.1, -0.05) is 0 Å².